The monoisotopic (exact) mass is 325 g/mol. The van der Waals surface area contributed by atoms with E-state index in [1.165, 1.54) is 0 Å². The van der Waals surface area contributed by atoms with Crippen molar-refractivity contribution in [3.8, 4) is 0 Å². The van der Waals surface area contributed by atoms with Crippen molar-refractivity contribution < 1.29 is 0 Å². The number of hydrogen-bond acceptors (Lipinski definition) is 3. The van der Waals surface area contributed by atoms with Gasteiger partial charge in [0.25, 0.3) is 0 Å². The van der Waals surface area contributed by atoms with Gasteiger partial charge >= 0.3 is 0 Å². The van der Waals surface area contributed by atoms with Crippen LogP contribution < -0.4 is 5.73 Å². The maximum Gasteiger partial charge on any atom is 0.0936 e. The Balaban J connectivity index is 2.03. The van der Waals surface area contributed by atoms with E-state index in [9.17, 15) is 0 Å². The van der Waals surface area contributed by atoms with Crippen molar-refractivity contribution in [3.63, 3.8) is 0 Å². The molecule has 3 aromatic carbocycles. The van der Waals surface area contributed by atoms with Crippen LogP contribution in [-0.2, 0) is 0 Å². The van der Waals surface area contributed by atoms with Crippen LogP contribution in [0.1, 0.15) is 0 Å². The lowest BCUT2D eigenvalue weighted by molar-refractivity contribution is 1.24. The van der Waals surface area contributed by atoms with E-state index in [2.05, 4.69) is 26.2 Å². The Kier molecular flexibility index (Phi) is 3.48. The fourth-order valence-electron chi connectivity index (χ4n) is 2.01. The van der Waals surface area contributed by atoms with E-state index < -0.39 is 0 Å². The van der Waals surface area contributed by atoms with Gasteiger partial charge in [-0.2, -0.15) is 5.11 Å². The quantitative estimate of drug-likeness (QED) is 0.483. The minimum absolute atomic E-state index is 0.753. The molecule has 3 nitrogen and oxygen atoms in total. The average molecular weight is 326 g/mol. The van der Waals surface area contributed by atoms with Crippen LogP contribution in [0.2, 0.25) is 0 Å². The molecule has 0 saturated carbocycles. The SMILES string of the molecule is Nc1ccc(N=Nc2ccc(Br)cc2)c2ccccc12. The third-order valence-electron chi connectivity index (χ3n) is 3.03. The topological polar surface area (TPSA) is 50.7 Å². The van der Waals surface area contributed by atoms with Crippen LogP contribution in [-0.4, -0.2) is 0 Å². The Hall–Kier alpha value is -2.20. The molecule has 3 rings (SSSR count). The van der Waals surface area contributed by atoms with Gasteiger partial charge in [-0.05, 0) is 36.4 Å². The van der Waals surface area contributed by atoms with E-state index in [1.807, 2.05) is 60.7 Å². The number of azo groups is 1. The van der Waals surface area contributed by atoms with Gasteiger partial charge in [0, 0.05) is 20.9 Å². The summed E-state index contributed by atoms with van der Waals surface area (Å²) in [4.78, 5) is 0. The van der Waals surface area contributed by atoms with Crippen molar-refractivity contribution in [1.29, 1.82) is 0 Å². The second-order valence-electron chi connectivity index (χ2n) is 4.40. The van der Waals surface area contributed by atoms with Crippen LogP contribution in [0.15, 0.2) is 75.4 Å². The van der Waals surface area contributed by atoms with Gasteiger partial charge in [-0.25, -0.2) is 0 Å². The number of fused-ring (bicyclic) bond motifs is 1. The zero-order valence-electron chi connectivity index (χ0n) is 10.6. The molecule has 98 valence electrons. The minimum Gasteiger partial charge on any atom is -0.398 e. The van der Waals surface area contributed by atoms with Crippen LogP contribution in [0.5, 0.6) is 0 Å². The highest BCUT2D eigenvalue weighted by atomic mass is 79.9. The summed E-state index contributed by atoms with van der Waals surface area (Å²) in [5, 5.41) is 10.6. The standard InChI is InChI=1S/C16H12BrN3/c17-11-5-7-12(8-6-11)19-20-16-10-9-15(18)13-3-1-2-4-14(13)16/h1-10H,18H2. The van der Waals surface area contributed by atoms with Crippen molar-refractivity contribution in [1.82, 2.24) is 0 Å². The molecule has 0 aromatic heterocycles. The highest BCUT2D eigenvalue weighted by Crippen LogP contribution is 2.31. The molecule has 20 heavy (non-hydrogen) atoms. The summed E-state index contributed by atoms with van der Waals surface area (Å²) < 4.78 is 1.02. The lowest BCUT2D eigenvalue weighted by Crippen LogP contribution is -1.86. The van der Waals surface area contributed by atoms with Crippen LogP contribution >= 0.6 is 15.9 Å². The van der Waals surface area contributed by atoms with Crippen molar-refractivity contribution in [2.24, 2.45) is 10.2 Å². The number of hydrogen-bond donors (Lipinski definition) is 1. The summed E-state index contributed by atoms with van der Waals surface area (Å²) in [6, 6.07) is 19.4. The van der Waals surface area contributed by atoms with Crippen molar-refractivity contribution in [3.05, 3.63) is 65.1 Å². The Bertz CT molecular complexity index is 779. The first kappa shape index (κ1) is 12.8. The number of anilines is 1. The van der Waals surface area contributed by atoms with Crippen molar-refractivity contribution in [2.75, 3.05) is 5.73 Å². The molecule has 0 heterocycles. The number of benzene rings is 3. The largest absolute Gasteiger partial charge is 0.398 e. The summed E-state index contributed by atoms with van der Waals surface area (Å²) in [6.07, 6.45) is 0. The molecule has 3 aromatic rings. The molecule has 0 aliphatic rings. The van der Waals surface area contributed by atoms with Crippen LogP contribution in [0.25, 0.3) is 10.8 Å². The van der Waals surface area contributed by atoms with Gasteiger partial charge in [0.2, 0.25) is 0 Å². The van der Waals surface area contributed by atoms with Crippen LogP contribution in [0, 0.1) is 0 Å². The van der Waals surface area contributed by atoms with Gasteiger partial charge in [-0.1, -0.05) is 40.2 Å². The summed E-state index contributed by atoms with van der Waals surface area (Å²) in [5.41, 5.74) is 8.36. The van der Waals surface area contributed by atoms with E-state index in [0.29, 0.717) is 0 Å². The number of halogens is 1. The second kappa shape index (κ2) is 5.43. The van der Waals surface area contributed by atoms with Gasteiger partial charge in [0.15, 0.2) is 0 Å². The number of nitrogen functional groups attached to an aromatic ring is 1. The van der Waals surface area contributed by atoms with E-state index in [4.69, 9.17) is 5.73 Å². The van der Waals surface area contributed by atoms with Gasteiger partial charge in [0.05, 0.1) is 11.4 Å². The normalized spacial score (nSPS) is 11.2. The molecule has 0 saturated heterocycles. The molecule has 0 unspecified atom stereocenters. The number of rotatable bonds is 2. The van der Waals surface area contributed by atoms with Gasteiger partial charge < -0.3 is 5.73 Å². The molecule has 0 radical (unpaired) electrons. The lowest BCUT2D eigenvalue weighted by Gasteiger charge is -2.04. The first-order valence-corrected chi connectivity index (χ1v) is 6.98. The highest BCUT2D eigenvalue weighted by Gasteiger charge is 2.02. The third-order valence-corrected chi connectivity index (χ3v) is 3.56. The minimum atomic E-state index is 0.753. The number of nitrogens with zero attached hydrogens (tertiary/aromatic N) is 2. The third kappa shape index (κ3) is 2.56. The molecule has 0 bridgehead atoms. The average Bonchev–Trinajstić information content (AvgIpc) is 2.49. The zero-order valence-corrected chi connectivity index (χ0v) is 12.2. The van der Waals surface area contributed by atoms with Crippen molar-refractivity contribution in [2.45, 2.75) is 0 Å². The highest BCUT2D eigenvalue weighted by molar-refractivity contribution is 9.10. The van der Waals surface area contributed by atoms with E-state index in [-0.39, 0.29) is 0 Å². The van der Waals surface area contributed by atoms with Gasteiger partial charge in [0.1, 0.15) is 0 Å². The first-order valence-electron chi connectivity index (χ1n) is 6.18. The van der Waals surface area contributed by atoms with Crippen LogP contribution in [0.3, 0.4) is 0 Å². The summed E-state index contributed by atoms with van der Waals surface area (Å²) in [6.45, 7) is 0. The molecule has 0 fully saturated rings. The molecule has 4 heteroatoms. The smallest absolute Gasteiger partial charge is 0.0936 e. The molecular formula is C16H12BrN3. The molecule has 0 aliphatic heterocycles. The molecular weight excluding hydrogens is 314 g/mol. The van der Waals surface area contributed by atoms with Gasteiger partial charge in [-0.3, -0.25) is 0 Å². The molecule has 2 N–H and O–H groups in total. The fraction of sp³-hybridized carbons (Fsp3) is 0. The maximum absolute atomic E-state index is 5.97. The number of nitrogens with two attached hydrogens (primary N) is 1. The summed E-state index contributed by atoms with van der Waals surface area (Å²) >= 11 is 3.40. The Labute approximate surface area is 125 Å². The Morgan fingerprint density at radius 2 is 1.45 bits per heavy atom. The summed E-state index contributed by atoms with van der Waals surface area (Å²) in [5.74, 6) is 0. The van der Waals surface area contributed by atoms with Gasteiger partial charge in [-0.15, -0.1) is 5.11 Å². The fourth-order valence-corrected chi connectivity index (χ4v) is 2.28. The Morgan fingerprint density at radius 3 is 2.20 bits per heavy atom. The molecule has 0 amide bonds. The predicted molar refractivity (Wildman–Crippen MR) is 86.7 cm³/mol. The van der Waals surface area contributed by atoms with E-state index in [1.54, 1.807) is 0 Å². The molecule has 0 atom stereocenters. The molecule has 0 aliphatic carbocycles. The summed E-state index contributed by atoms with van der Waals surface area (Å²) in [7, 11) is 0. The Morgan fingerprint density at radius 1 is 0.750 bits per heavy atom. The zero-order chi connectivity index (χ0) is 13.9. The predicted octanol–water partition coefficient (Wildman–Crippen LogP) is 5.60. The van der Waals surface area contributed by atoms with Crippen molar-refractivity contribution >= 4 is 43.8 Å². The van der Waals surface area contributed by atoms with E-state index in [0.717, 1.165) is 32.3 Å². The van der Waals surface area contributed by atoms with Crippen LogP contribution in [0.4, 0.5) is 17.1 Å². The first-order chi connectivity index (χ1) is 9.74. The molecule has 0 spiro atoms. The second-order valence-corrected chi connectivity index (χ2v) is 5.31. The maximum atomic E-state index is 5.97. The lowest BCUT2D eigenvalue weighted by atomic mass is 10.1. The van der Waals surface area contributed by atoms with E-state index >= 15 is 0 Å².